The summed E-state index contributed by atoms with van der Waals surface area (Å²) in [7, 11) is 0. The fraction of sp³-hybridized carbons (Fsp3) is 0.600. The number of ether oxygens (including phenoxy) is 1. The maximum Gasteiger partial charge on any atom is 0.306 e. The van der Waals surface area contributed by atoms with Crippen molar-refractivity contribution in [3.8, 4) is 0 Å². The topological polar surface area (TPSA) is 108 Å². The van der Waals surface area contributed by atoms with Crippen LogP contribution in [0.3, 0.4) is 0 Å². The zero-order valence-corrected chi connectivity index (χ0v) is 16.7. The number of carbonyl (C=O) groups excluding carboxylic acids is 1. The Labute approximate surface area is 161 Å². The number of aromatic nitrogens is 3. The molecule has 7 heteroatoms. The largest absolute Gasteiger partial charge is 0.466 e. The maximum atomic E-state index is 11.8. The molecule has 150 valence electrons. The van der Waals surface area contributed by atoms with E-state index in [1.165, 1.54) is 6.20 Å². The first-order chi connectivity index (χ1) is 13.0. The Morgan fingerprint density at radius 2 is 2.15 bits per heavy atom. The summed E-state index contributed by atoms with van der Waals surface area (Å²) >= 11 is 0. The Kier molecular flexibility index (Phi) is 7.33. The van der Waals surface area contributed by atoms with E-state index in [1.54, 1.807) is 10.8 Å². The van der Waals surface area contributed by atoms with E-state index in [-0.39, 0.29) is 24.7 Å². The molecule has 0 bridgehead atoms. The average Bonchev–Trinajstić information content (AvgIpc) is 3.29. The molecule has 3 rings (SSSR count). The molecule has 1 saturated carbocycles. The molecule has 0 aromatic carbocycles. The molecule has 2 aromatic rings. The van der Waals surface area contributed by atoms with Gasteiger partial charge in [0.1, 0.15) is 11.3 Å². The van der Waals surface area contributed by atoms with Crippen molar-refractivity contribution in [1.29, 1.82) is 10.8 Å². The Balaban J connectivity index is 0.00000127. The minimum absolute atomic E-state index is 0. The summed E-state index contributed by atoms with van der Waals surface area (Å²) in [6.07, 6.45) is 6.34. The molecule has 0 radical (unpaired) electrons. The monoisotopic (exact) mass is 375 g/mol. The van der Waals surface area contributed by atoms with Crippen LogP contribution in [-0.2, 0) is 9.53 Å². The third-order valence-electron chi connectivity index (χ3n) is 5.17. The van der Waals surface area contributed by atoms with Crippen molar-refractivity contribution >= 4 is 23.0 Å². The molecule has 0 amide bonds. The van der Waals surface area contributed by atoms with E-state index in [4.69, 9.17) is 15.6 Å². The molecular formula is C20H33N5O2. The van der Waals surface area contributed by atoms with Gasteiger partial charge in [0.05, 0.1) is 18.3 Å². The first kappa shape index (κ1) is 20.9. The second kappa shape index (κ2) is 9.48. The second-order valence-corrected chi connectivity index (χ2v) is 6.70. The zero-order chi connectivity index (χ0) is 20.0. The Morgan fingerprint density at radius 3 is 2.81 bits per heavy atom. The maximum absolute atomic E-state index is 11.8. The predicted octanol–water partition coefficient (Wildman–Crippen LogP) is 3.95. The fourth-order valence-electron chi connectivity index (χ4n) is 4.02. The Bertz CT molecular complexity index is 844. The molecule has 1 aliphatic carbocycles. The van der Waals surface area contributed by atoms with E-state index in [1.807, 2.05) is 26.8 Å². The number of hydrogen-bond donors (Lipinski definition) is 3. The average molecular weight is 376 g/mol. The van der Waals surface area contributed by atoms with Crippen molar-refractivity contribution in [2.75, 3.05) is 6.61 Å². The second-order valence-electron chi connectivity index (χ2n) is 6.70. The molecule has 27 heavy (non-hydrogen) atoms. The minimum atomic E-state index is -0.152. The van der Waals surface area contributed by atoms with Crippen molar-refractivity contribution in [3.05, 3.63) is 23.9 Å². The summed E-state index contributed by atoms with van der Waals surface area (Å²) in [5.41, 5.74) is 1.64. The Hall–Kier alpha value is -2.44. The van der Waals surface area contributed by atoms with Gasteiger partial charge in [0, 0.05) is 20.0 Å². The van der Waals surface area contributed by atoms with Crippen molar-refractivity contribution in [2.24, 2.45) is 17.8 Å². The van der Waals surface area contributed by atoms with Crippen molar-refractivity contribution in [2.45, 2.75) is 53.4 Å². The van der Waals surface area contributed by atoms with Gasteiger partial charge in [0.2, 0.25) is 0 Å². The van der Waals surface area contributed by atoms with E-state index >= 15 is 0 Å². The predicted molar refractivity (Wildman–Crippen MR) is 108 cm³/mol. The van der Waals surface area contributed by atoms with Crippen LogP contribution in [0.25, 0.3) is 11.2 Å². The number of esters is 1. The highest BCUT2D eigenvalue weighted by Gasteiger charge is 2.37. The normalized spacial score (nSPS) is 21.6. The number of aromatic amines is 1. The smallest absolute Gasteiger partial charge is 0.306 e. The van der Waals surface area contributed by atoms with Crippen molar-refractivity contribution in [3.63, 3.8) is 0 Å². The van der Waals surface area contributed by atoms with Gasteiger partial charge in [-0.3, -0.25) is 20.2 Å². The SMILES string of the molecule is CC.CCOC(=O)C[C@H]1C[C@@H](CC)[C@@H](C(=N)n2c(=N)cnc3[nH]ccc32)C1.[HH]. The first-order valence-electron chi connectivity index (χ1n) is 9.89. The highest BCUT2D eigenvalue weighted by Crippen LogP contribution is 2.41. The lowest BCUT2D eigenvalue weighted by Crippen LogP contribution is -2.33. The van der Waals surface area contributed by atoms with Crippen LogP contribution in [0, 0.1) is 28.6 Å². The third-order valence-corrected chi connectivity index (χ3v) is 5.17. The molecule has 2 heterocycles. The Morgan fingerprint density at radius 1 is 1.41 bits per heavy atom. The van der Waals surface area contributed by atoms with Gasteiger partial charge < -0.3 is 9.72 Å². The molecule has 0 aliphatic heterocycles. The van der Waals surface area contributed by atoms with Crippen LogP contribution in [-0.4, -0.2) is 32.9 Å². The van der Waals surface area contributed by atoms with Crippen LogP contribution < -0.4 is 5.49 Å². The van der Waals surface area contributed by atoms with Gasteiger partial charge in [-0.1, -0.05) is 27.2 Å². The molecule has 0 saturated heterocycles. The number of carbonyl (C=O) groups is 1. The number of hydrogen-bond acceptors (Lipinski definition) is 5. The summed E-state index contributed by atoms with van der Waals surface area (Å²) in [6.45, 7) is 8.35. The number of nitrogens with one attached hydrogen (secondary N) is 3. The van der Waals surface area contributed by atoms with E-state index in [9.17, 15) is 4.79 Å². The van der Waals surface area contributed by atoms with Crippen molar-refractivity contribution in [1.82, 2.24) is 14.5 Å². The molecule has 0 spiro atoms. The van der Waals surface area contributed by atoms with Gasteiger partial charge in [-0.15, -0.1) is 0 Å². The fourth-order valence-corrected chi connectivity index (χ4v) is 4.02. The molecule has 0 unspecified atom stereocenters. The van der Waals surface area contributed by atoms with Gasteiger partial charge in [0.15, 0.2) is 5.65 Å². The number of nitrogens with zero attached hydrogens (tertiary/aromatic N) is 2. The zero-order valence-electron chi connectivity index (χ0n) is 16.7. The van der Waals surface area contributed by atoms with Crippen LogP contribution in [0.2, 0.25) is 0 Å². The highest BCUT2D eigenvalue weighted by molar-refractivity contribution is 5.91. The lowest BCUT2D eigenvalue weighted by Gasteiger charge is -2.21. The summed E-state index contributed by atoms with van der Waals surface area (Å²) in [5.74, 6) is 0.906. The van der Waals surface area contributed by atoms with Gasteiger partial charge in [-0.25, -0.2) is 4.98 Å². The third kappa shape index (κ3) is 4.46. The molecule has 3 atom stereocenters. The molecule has 3 N–H and O–H groups in total. The van der Waals surface area contributed by atoms with E-state index in [0.29, 0.717) is 30.4 Å². The van der Waals surface area contributed by atoms with Crippen LogP contribution in [0.15, 0.2) is 18.5 Å². The molecule has 1 aliphatic rings. The van der Waals surface area contributed by atoms with Crippen LogP contribution in [0.1, 0.15) is 54.8 Å². The summed E-state index contributed by atoms with van der Waals surface area (Å²) in [4.78, 5) is 19.0. The quantitative estimate of drug-likeness (QED) is 0.418. The van der Waals surface area contributed by atoms with Crippen LogP contribution in [0.5, 0.6) is 0 Å². The van der Waals surface area contributed by atoms with Gasteiger partial charge in [-0.2, -0.15) is 0 Å². The number of H-pyrrole nitrogens is 1. The molecular weight excluding hydrogens is 342 g/mol. The molecule has 7 nitrogen and oxygen atoms in total. The van der Waals surface area contributed by atoms with E-state index < -0.39 is 0 Å². The lowest BCUT2D eigenvalue weighted by atomic mass is 9.92. The van der Waals surface area contributed by atoms with Gasteiger partial charge in [-0.05, 0) is 37.7 Å². The van der Waals surface area contributed by atoms with Crippen molar-refractivity contribution < 1.29 is 11.0 Å². The van der Waals surface area contributed by atoms with Crippen LogP contribution in [0.4, 0.5) is 0 Å². The van der Waals surface area contributed by atoms with Gasteiger partial charge >= 0.3 is 5.97 Å². The number of fused-ring (bicyclic) bond motifs is 1. The summed E-state index contributed by atoms with van der Waals surface area (Å²) < 4.78 is 6.74. The minimum Gasteiger partial charge on any atom is -0.466 e. The van der Waals surface area contributed by atoms with E-state index in [0.717, 1.165) is 24.8 Å². The first-order valence-corrected chi connectivity index (χ1v) is 9.89. The van der Waals surface area contributed by atoms with E-state index in [2.05, 4.69) is 16.9 Å². The summed E-state index contributed by atoms with van der Waals surface area (Å²) in [5, 5.41) is 17.0. The van der Waals surface area contributed by atoms with Gasteiger partial charge in [0.25, 0.3) is 0 Å². The molecule has 2 aromatic heterocycles. The van der Waals surface area contributed by atoms with Crippen LogP contribution >= 0.6 is 0 Å². The highest BCUT2D eigenvalue weighted by atomic mass is 16.5. The number of rotatable bonds is 5. The molecule has 1 fully saturated rings. The summed E-state index contributed by atoms with van der Waals surface area (Å²) in [6, 6.07) is 1.85. The standard InChI is InChI=1S/C18H25N5O2.C2H6.H2/c1-3-12-7-11(9-16(24)25-4-2)8-13(12)17(20)23-14-5-6-21-18(14)22-10-15(23)19;1-2;/h5-6,10-13,19-21H,3-4,7-9H2,1-2H3;1-2H3;1H/t11-,12+,13-;;/m0../s1. The lowest BCUT2D eigenvalue weighted by molar-refractivity contribution is -0.144.